The Kier molecular flexibility index (Phi) is 12.6. The molecule has 0 bridgehead atoms. The molecule has 12 heteroatoms. The number of hydrogen-bond acceptors (Lipinski definition) is 9. The topological polar surface area (TPSA) is 156 Å². The lowest BCUT2D eigenvalue weighted by Gasteiger charge is -2.29. The van der Waals surface area contributed by atoms with Crippen LogP contribution in [-0.2, 0) is 27.4 Å². The first-order valence-electron chi connectivity index (χ1n) is 14.5. The molecule has 0 fully saturated rings. The van der Waals surface area contributed by atoms with Gasteiger partial charge in [0.2, 0.25) is 5.91 Å². The number of carbonyl (C=O) groups excluding carboxylic acids is 2. The third kappa shape index (κ3) is 11.6. The number of carbonyl (C=O) groups is 2. The van der Waals surface area contributed by atoms with Crippen LogP contribution < -0.4 is 16.0 Å². The van der Waals surface area contributed by atoms with Crippen LogP contribution in [0.1, 0.15) is 64.0 Å². The molecule has 0 radical (unpaired) electrons. The van der Waals surface area contributed by atoms with Crippen molar-refractivity contribution in [2.24, 2.45) is 0 Å². The fourth-order valence-electron chi connectivity index (χ4n) is 4.08. The summed E-state index contributed by atoms with van der Waals surface area (Å²) in [5.41, 5.74) is -0.0156. The Bertz CT molecular complexity index is 1390. The second kappa shape index (κ2) is 16.3. The highest BCUT2D eigenvalue weighted by atomic mass is 16.6. The minimum Gasteiger partial charge on any atom is -0.444 e. The standard InChI is InChI=1S/C32H42N8O4/c1-31(2,3)44-30(42)36-32(4,5)29(41)35-27(23-43-22-25-14-10-7-11-15-25)28-37-38-39-40(28)21-20-34-26(18-19-33)17-16-24-12-8-6-9-13-24/h6-17,26-27,34H,18,20-23H2,1-5H3,(H,35,41)(H,36,42)/b17-16+/t26?,27-/m1/s1. The minimum absolute atomic E-state index is 0.0772. The molecule has 0 spiro atoms. The average Bonchev–Trinajstić information content (AvgIpc) is 3.43. The number of amides is 2. The second-order valence-corrected chi connectivity index (χ2v) is 11.7. The summed E-state index contributed by atoms with van der Waals surface area (Å²) in [4.78, 5) is 25.8. The first kappa shape index (κ1) is 33.9. The molecular weight excluding hydrogens is 560 g/mol. The number of nitrogens with zero attached hydrogens (tertiary/aromatic N) is 5. The minimum atomic E-state index is -1.31. The highest BCUT2D eigenvalue weighted by molar-refractivity contribution is 5.89. The van der Waals surface area contributed by atoms with Crippen LogP contribution >= 0.6 is 0 Å². The quantitative estimate of drug-likeness (QED) is 0.234. The van der Waals surface area contributed by atoms with E-state index in [1.54, 1.807) is 39.3 Å². The van der Waals surface area contributed by atoms with Crippen LogP contribution in [0.5, 0.6) is 0 Å². The molecule has 0 saturated heterocycles. The second-order valence-electron chi connectivity index (χ2n) is 11.7. The van der Waals surface area contributed by atoms with Crippen LogP contribution in [-0.4, -0.2) is 62.5 Å². The Balaban J connectivity index is 1.70. The fourth-order valence-corrected chi connectivity index (χ4v) is 4.08. The van der Waals surface area contributed by atoms with Gasteiger partial charge in [0.25, 0.3) is 0 Å². The Hall–Kier alpha value is -4.60. The van der Waals surface area contributed by atoms with Crippen molar-refractivity contribution in [3.05, 3.63) is 83.7 Å². The molecule has 44 heavy (non-hydrogen) atoms. The van der Waals surface area contributed by atoms with Crippen LogP contribution in [0.15, 0.2) is 66.7 Å². The van der Waals surface area contributed by atoms with Crippen molar-refractivity contribution in [2.75, 3.05) is 13.2 Å². The third-order valence-corrected chi connectivity index (χ3v) is 6.32. The Morgan fingerprint density at radius 1 is 1.05 bits per heavy atom. The molecule has 0 aliphatic carbocycles. The maximum Gasteiger partial charge on any atom is 0.408 e. The molecule has 234 valence electrons. The smallest absolute Gasteiger partial charge is 0.408 e. The summed E-state index contributed by atoms with van der Waals surface area (Å²) in [6, 6.07) is 20.8. The van der Waals surface area contributed by atoms with Gasteiger partial charge in [-0.05, 0) is 56.2 Å². The molecule has 2 aromatic carbocycles. The zero-order valence-corrected chi connectivity index (χ0v) is 26.0. The van der Waals surface area contributed by atoms with Crippen molar-refractivity contribution < 1.29 is 19.1 Å². The predicted molar refractivity (Wildman–Crippen MR) is 166 cm³/mol. The fraction of sp³-hybridized carbons (Fsp3) is 0.438. The molecule has 12 nitrogen and oxygen atoms in total. The van der Waals surface area contributed by atoms with Gasteiger partial charge in [0.15, 0.2) is 5.82 Å². The zero-order chi connectivity index (χ0) is 32.0. The van der Waals surface area contributed by atoms with E-state index < -0.39 is 29.2 Å². The summed E-state index contributed by atoms with van der Waals surface area (Å²) in [6.07, 6.45) is 3.51. The largest absolute Gasteiger partial charge is 0.444 e. The number of tetrazole rings is 1. The first-order valence-corrected chi connectivity index (χ1v) is 14.5. The van der Waals surface area contributed by atoms with Crippen molar-refractivity contribution >= 4 is 18.1 Å². The lowest BCUT2D eigenvalue weighted by Crippen LogP contribution is -2.56. The molecule has 1 aromatic heterocycles. The number of hydrogen-bond donors (Lipinski definition) is 3. The maximum absolute atomic E-state index is 13.4. The SMILES string of the molecule is CC(C)(C)OC(=O)NC(C)(C)C(=O)N[C@H](COCc1ccccc1)c1nnnn1CCNC(/C=C/c1ccccc1)CC#N. The van der Waals surface area contributed by atoms with E-state index in [-0.39, 0.29) is 19.1 Å². The van der Waals surface area contributed by atoms with Crippen LogP contribution in [0.4, 0.5) is 4.79 Å². The molecule has 2 amide bonds. The number of nitriles is 1. The van der Waals surface area contributed by atoms with Crippen LogP contribution in [0.2, 0.25) is 0 Å². The van der Waals surface area contributed by atoms with E-state index in [1.165, 1.54) is 0 Å². The molecule has 0 saturated carbocycles. The number of rotatable bonds is 15. The van der Waals surface area contributed by atoms with Crippen molar-refractivity contribution in [1.29, 1.82) is 5.26 Å². The maximum atomic E-state index is 13.4. The normalized spacial score (nSPS) is 13.2. The van der Waals surface area contributed by atoms with Gasteiger partial charge in [-0.15, -0.1) is 5.10 Å². The van der Waals surface area contributed by atoms with Gasteiger partial charge in [-0.2, -0.15) is 5.26 Å². The molecule has 0 aliphatic heterocycles. The molecule has 2 atom stereocenters. The van der Waals surface area contributed by atoms with Gasteiger partial charge in [-0.1, -0.05) is 72.8 Å². The summed E-state index contributed by atoms with van der Waals surface area (Å²) in [6.45, 7) is 9.63. The molecule has 0 aliphatic rings. The van der Waals surface area contributed by atoms with Crippen molar-refractivity contribution in [1.82, 2.24) is 36.2 Å². The number of aromatic nitrogens is 4. The summed E-state index contributed by atoms with van der Waals surface area (Å²) in [5, 5.41) is 30.4. The summed E-state index contributed by atoms with van der Waals surface area (Å²) >= 11 is 0. The number of alkyl carbamates (subject to hydrolysis) is 1. The third-order valence-electron chi connectivity index (χ3n) is 6.32. The van der Waals surface area contributed by atoms with E-state index in [1.807, 2.05) is 72.8 Å². The zero-order valence-electron chi connectivity index (χ0n) is 26.0. The predicted octanol–water partition coefficient (Wildman–Crippen LogP) is 3.94. The van der Waals surface area contributed by atoms with Gasteiger partial charge in [-0.3, -0.25) is 4.79 Å². The average molecular weight is 603 g/mol. The first-order chi connectivity index (χ1) is 21.0. The van der Waals surface area contributed by atoms with E-state index in [0.717, 1.165) is 11.1 Å². The van der Waals surface area contributed by atoms with Crippen LogP contribution in [0.3, 0.4) is 0 Å². The molecule has 1 heterocycles. The Labute approximate surface area is 258 Å². The van der Waals surface area contributed by atoms with Gasteiger partial charge >= 0.3 is 6.09 Å². The number of ether oxygens (including phenoxy) is 2. The molecule has 3 aromatic rings. The lowest BCUT2D eigenvalue weighted by atomic mass is 10.0. The van der Waals surface area contributed by atoms with E-state index in [4.69, 9.17) is 9.47 Å². The van der Waals surface area contributed by atoms with Gasteiger partial charge in [0, 0.05) is 12.6 Å². The van der Waals surface area contributed by atoms with Crippen molar-refractivity contribution in [3.8, 4) is 6.07 Å². The Morgan fingerprint density at radius 3 is 2.39 bits per heavy atom. The Morgan fingerprint density at radius 2 is 1.73 bits per heavy atom. The molecular formula is C32H42N8O4. The summed E-state index contributed by atoms with van der Waals surface area (Å²) in [5.74, 6) is -0.0811. The van der Waals surface area contributed by atoms with E-state index in [2.05, 4.69) is 37.5 Å². The van der Waals surface area contributed by atoms with Gasteiger partial charge in [0.1, 0.15) is 17.2 Å². The van der Waals surface area contributed by atoms with E-state index in [9.17, 15) is 14.9 Å². The lowest BCUT2D eigenvalue weighted by molar-refractivity contribution is -0.127. The van der Waals surface area contributed by atoms with Gasteiger partial charge in [0.05, 0.1) is 32.2 Å². The molecule has 3 N–H and O–H groups in total. The number of benzene rings is 2. The monoisotopic (exact) mass is 602 g/mol. The summed E-state index contributed by atoms with van der Waals surface area (Å²) < 4.78 is 12.9. The van der Waals surface area contributed by atoms with Gasteiger partial charge < -0.3 is 25.4 Å². The molecule has 3 rings (SSSR count). The van der Waals surface area contributed by atoms with Crippen LogP contribution in [0, 0.1) is 11.3 Å². The van der Waals surface area contributed by atoms with Crippen molar-refractivity contribution in [3.63, 3.8) is 0 Å². The highest BCUT2D eigenvalue weighted by Gasteiger charge is 2.34. The van der Waals surface area contributed by atoms with Crippen molar-refractivity contribution in [2.45, 2.75) is 77.4 Å². The highest BCUT2D eigenvalue weighted by Crippen LogP contribution is 2.15. The molecule has 1 unspecified atom stereocenters. The van der Waals surface area contributed by atoms with E-state index in [0.29, 0.717) is 25.5 Å². The van der Waals surface area contributed by atoms with E-state index >= 15 is 0 Å². The number of nitrogens with one attached hydrogen (secondary N) is 3. The van der Waals surface area contributed by atoms with Crippen LogP contribution in [0.25, 0.3) is 6.08 Å². The summed E-state index contributed by atoms with van der Waals surface area (Å²) in [7, 11) is 0. The van der Waals surface area contributed by atoms with Gasteiger partial charge in [-0.25, -0.2) is 9.48 Å².